The van der Waals surface area contributed by atoms with Gasteiger partial charge in [-0.1, -0.05) is 26.2 Å². The Hall–Kier alpha value is 1.53. The molecule has 0 aliphatic carbocycles. The maximum atomic E-state index is 12.5. The van der Waals surface area contributed by atoms with Crippen molar-refractivity contribution in [3.05, 3.63) is 22.4 Å². The van der Waals surface area contributed by atoms with Crippen LogP contribution in [0.3, 0.4) is 0 Å². The lowest BCUT2D eigenvalue weighted by atomic mass is 10.2. The number of sulfonamides is 1. The van der Waals surface area contributed by atoms with Crippen LogP contribution in [-0.2, 0) is 10.0 Å². The van der Waals surface area contributed by atoms with E-state index in [-0.39, 0.29) is 4.90 Å². The van der Waals surface area contributed by atoms with Crippen molar-refractivity contribution in [1.29, 1.82) is 0 Å². The fourth-order valence-corrected chi connectivity index (χ4v) is 7.47. The van der Waals surface area contributed by atoms with Crippen LogP contribution in [0, 0.1) is 0 Å². The number of benzene rings is 1. The van der Waals surface area contributed by atoms with Crippen molar-refractivity contribution in [3.63, 3.8) is 0 Å². The number of hydrogen-bond acceptors (Lipinski definition) is 2. The number of rotatable bonds is 7. The van der Waals surface area contributed by atoms with E-state index in [1.165, 1.54) is 0 Å². The summed E-state index contributed by atoms with van der Waals surface area (Å²) in [6.45, 7) is 2.56. The average molecular weight is 636 g/mol. The van der Waals surface area contributed by atoms with Gasteiger partial charge in [0.2, 0.25) is 10.0 Å². The second-order valence-corrected chi connectivity index (χ2v) is 10.0. The smallest absolute Gasteiger partial charge is 0.211 e. The third-order valence-electron chi connectivity index (χ3n) is 2.76. The van der Waals surface area contributed by atoms with E-state index >= 15 is 0 Å². The quantitative estimate of drug-likeness (QED) is 0.216. The maximum absolute atomic E-state index is 12.5. The van der Waals surface area contributed by atoms with Gasteiger partial charge in [-0.2, -0.15) is 0 Å². The molecule has 9 heteroatoms. The zero-order chi connectivity index (χ0) is 16.2. The summed E-state index contributed by atoms with van der Waals surface area (Å²) in [4.78, 5) is 0.181. The summed E-state index contributed by atoms with van der Waals surface area (Å²) in [7, 11) is -3.60. The van der Waals surface area contributed by atoms with Crippen LogP contribution in [-0.4, -0.2) is 15.0 Å². The largest absolute Gasteiger partial charge is 0.242 e. The summed E-state index contributed by atoms with van der Waals surface area (Å²) >= 11 is 16.8. The minimum Gasteiger partial charge on any atom is -0.211 e. The first-order chi connectivity index (χ1) is 9.74. The van der Waals surface area contributed by atoms with E-state index in [0.717, 1.165) is 30.2 Å². The molecular formula is C12H14Br5NO2S. The second-order valence-electron chi connectivity index (χ2n) is 4.36. The van der Waals surface area contributed by atoms with Gasteiger partial charge in [0.25, 0.3) is 0 Å². The topological polar surface area (TPSA) is 46.2 Å². The van der Waals surface area contributed by atoms with Gasteiger partial charge in [0.1, 0.15) is 4.90 Å². The molecule has 120 valence electrons. The molecule has 0 unspecified atom stereocenters. The molecule has 0 atom stereocenters. The Balaban J connectivity index is 3.04. The van der Waals surface area contributed by atoms with Gasteiger partial charge >= 0.3 is 0 Å². The van der Waals surface area contributed by atoms with Crippen molar-refractivity contribution in [2.24, 2.45) is 0 Å². The molecule has 0 saturated carbocycles. The van der Waals surface area contributed by atoms with Crippen LogP contribution in [0.2, 0.25) is 0 Å². The van der Waals surface area contributed by atoms with Crippen molar-refractivity contribution in [1.82, 2.24) is 4.72 Å². The third-order valence-corrected chi connectivity index (χ3v) is 10.9. The van der Waals surface area contributed by atoms with Crippen LogP contribution >= 0.6 is 79.6 Å². The van der Waals surface area contributed by atoms with Crippen LogP contribution in [0.5, 0.6) is 0 Å². The van der Waals surface area contributed by atoms with Gasteiger partial charge in [0.05, 0.1) is 8.95 Å². The van der Waals surface area contributed by atoms with Crippen molar-refractivity contribution in [3.8, 4) is 0 Å². The van der Waals surface area contributed by atoms with Gasteiger partial charge in [-0.25, -0.2) is 13.1 Å². The van der Waals surface area contributed by atoms with Crippen LogP contribution < -0.4 is 4.72 Å². The summed E-state index contributed by atoms with van der Waals surface area (Å²) < 4.78 is 30.6. The minimum absolute atomic E-state index is 0.181. The van der Waals surface area contributed by atoms with Gasteiger partial charge in [0.15, 0.2) is 0 Å². The molecule has 0 fully saturated rings. The highest BCUT2D eigenvalue weighted by atomic mass is 79.9. The highest BCUT2D eigenvalue weighted by Gasteiger charge is 2.26. The molecule has 21 heavy (non-hydrogen) atoms. The fraction of sp³-hybridized carbons (Fsp3) is 0.500. The van der Waals surface area contributed by atoms with Crippen molar-refractivity contribution >= 4 is 89.7 Å². The molecule has 3 nitrogen and oxygen atoms in total. The maximum Gasteiger partial charge on any atom is 0.242 e. The van der Waals surface area contributed by atoms with Crippen LogP contribution in [0.15, 0.2) is 27.3 Å². The second kappa shape index (κ2) is 9.13. The molecule has 1 aromatic rings. The van der Waals surface area contributed by atoms with Crippen LogP contribution in [0.1, 0.15) is 32.6 Å². The normalized spacial score (nSPS) is 11.9. The van der Waals surface area contributed by atoms with E-state index in [2.05, 4.69) is 91.3 Å². The van der Waals surface area contributed by atoms with Crippen molar-refractivity contribution in [2.45, 2.75) is 37.5 Å². The molecule has 0 amide bonds. The first-order valence-electron chi connectivity index (χ1n) is 6.25. The number of nitrogens with one attached hydrogen (secondary N) is 1. The van der Waals surface area contributed by atoms with Gasteiger partial charge in [-0.15, -0.1) is 0 Å². The van der Waals surface area contributed by atoms with E-state index in [9.17, 15) is 8.42 Å². The highest BCUT2D eigenvalue weighted by Crippen LogP contribution is 2.46. The van der Waals surface area contributed by atoms with Gasteiger partial charge < -0.3 is 0 Å². The monoisotopic (exact) mass is 631 g/mol. The average Bonchev–Trinajstić information content (AvgIpc) is 2.42. The molecule has 0 bridgehead atoms. The van der Waals surface area contributed by atoms with Crippen molar-refractivity contribution < 1.29 is 8.42 Å². The van der Waals surface area contributed by atoms with E-state index in [1.807, 2.05) is 0 Å². The molecule has 1 aromatic carbocycles. The summed E-state index contributed by atoms with van der Waals surface area (Å²) in [5.41, 5.74) is 0. The lowest BCUT2D eigenvalue weighted by Crippen LogP contribution is -2.25. The first kappa shape index (κ1) is 20.6. The molecule has 0 radical (unpaired) electrons. The molecule has 0 saturated heterocycles. The lowest BCUT2D eigenvalue weighted by Gasteiger charge is -2.14. The third kappa shape index (κ3) is 5.26. The first-order valence-corrected chi connectivity index (χ1v) is 11.7. The summed E-state index contributed by atoms with van der Waals surface area (Å²) in [6.07, 6.45) is 4.09. The molecule has 0 heterocycles. The van der Waals surface area contributed by atoms with Gasteiger partial charge in [-0.05, 0) is 86.1 Å². The van der Waals surface area contributed by atoms with E-state index in [1.54, 1.807) is 0 Å². The van der Waals surface area contributed by atoms with Crippen molar-refractivity contribution in [2.75, 3.05) is 6.54 Å². The molecule has 1 rings (SSSR count). The summed E-state index contributed by atoms with van der Waals surface area (Å²) in [5.74, 6) is 0. The summed E-state index contributed by atoms with van der Waals surface area (Å²) in [5, 5.41) is 0. The molecule has 0 aliphatic rings. The highest BCUT2D eigenvalue weighted by molar-refractivity contribution is 9.15. The Morgan fingerprint density at radius 1 is 0.810 bits per heavy atom. The predicted molar refractivity (Wildman–Crippen MR) is 104 cm³/mol. The predicted octanol–water partition coefficient (Wildman–Crippen LogP) is 6.36. The zero-order valence-electron chi connectivity index (χ0n) is 11.2. The minimum atomic E-state index is -3.60. The molecule has 1 N–H and O–H groups in total. The van der Waals surface area contributed by atoms with E-state index in [4.69, 9.17) is 0 Å². The Labute approximate surface area is 167 Å². The fourth-order valence-electron chi connectivity index (χ4n) is 1.65. The lowest BCUT2D eigenvalue weighted by molar-refractivity contribution is 0.572. The van der Waals surface area contributed by atoms with Crippen LogP contribution in [0.4, 0.5) is 0 Å². The standard InChI is InChI=1S/C12H14Br5NO2S/c1-2-3-4-5-6-18-21(19,20)12-10(16)8(14)7(13)9(15)11(12)17/h18H,2-6H2,1H3. The van der Waals surface area contributed by atoms with Crippen LogP contribution in [0.25, 0.3) is 0 Å². The number of hydrogen-bond donors (Lipinski definition) is 1. The Bertz CT molecular complexity index is 590. The summed E-state index contributed by atoms with van der Waals surface area (Å²) in [6, 6.07) is 0. The molecular weight excluding hydrogens is 622 g/mol. The molecule has 0 spiro atoms. The number of unbranched alkanes of at least 4 members (excludes halogenated alkanes) is 3. The molecule has 0 aliphatic heterocycles. The van der Waals surface area contributed by atoms with E-state index < -0.39 is 10.0 Å². The Kier molecular flexibility index (Phi) is 8.94. The number of halogens is 5. The SMILES string of the molecule is CCCCCCNS(=O)(=O)c1c(Br)c(Br)c(Br)c(Br)c1Br. The Morgan fingerprint density at radius 2 is 1.29 bits per heavy atom. The van der Waals surface area contributed by atoms with E-state index in [0.29, 0.717) is 24.4 Å². The van der Waals surface area contributed by atoms with Gasteiger partial charge in [-0.3, -0.25) is 0 Å². The zero-order valence-corrected chi connectivity index (χ0v) is 19.9. The molecule has 0 aromatic heterocycles. The Morgan fingerprint density at radius 3 is 1.76 bits per heavy atom. The van der Waals surface area contributed by atoms with Gasteiger partial charge in [0, 0.05) is 20.0 Å².